The fourth-order valence-corrected chi connectivity index (χ4v) is 7.50. The first-order valence-corrected chi connectivity index (χ1v) is 12.6. The van der Waals surface area contributed by atoms with Gasteiger partial charge in [-0.2, -0.15) is 0 Å². The number of aliphatic hydroxyl groups is 1. The fraction of sp³-hybridized carbons (Fsp3) is 0.600. The van der Waals surface area contributed by atoms with E-state index in [1.807, 2.05) is 6.92 Å². The zero-order chi connectivity index (χ0) is 23.1. The molecule has 0 amide bonds. The molecule has 0 saturated heterocycles. The van der Waals surface area contributed by atoms with Crippen LogP contribution >= 0.6 is 0 Å². The molecule has 0 bridgehead atoms. The van der Waals surface area contributed by atoms with Crippen molar-refractivity contribution in [3.63, 3.8) is 0 Å². The Morgan fingerprint density at radius 2 is 1.72 bits per heavy atom. The summed E-state index contributed by atoms with van der Waals surface area (Å²) in [4.78, 5) is 0. The summed E-state index contributed by atoms with van der Waals surface area (Å²) in [7, 11) is 0. The number of rotatable bonds is 6. The summed E-state index contributed by atoms with van der Waals surface area (Å²) in [6, 6.07) is 17.7. The molecule has 2 aliphatic rings. The monoisotopic (exact) mass is 434 g/mol. The van der Waals surface area contributed by atoms with Crippen molar-refractivity contribution >= 4 is 0 Å². The third-order valence-corrected chi connectivity index (χ3v) is 8.78. The van der Waals surface area contributed by atoms with E-state index in [2.05, 4.69) is 83.1 Å². The molecule has 2 nitrogen and oxygen atoms in total. The number of ether oxygens (including phenoxy) is 1. The zero-order valence-electron chi connectivity index (χ0n) is 20.9. The quantitative estimate of drug-likeness (QED) is 0.522. The Kier molecular flexibility index (Phi) is 6.58. The Hall–Kier alpha value is -1.64. The van der Waals surface area contributed by atoms with Crippen LogP contribution in [0.5, 0.6) is 0 Å². The Morgan fingerprint density at radius 3 is 2.41 bits per heavy atom. The molecule has 0 spiro atoms. The van der Waals surface area contributed by atoms with Gasteiger partial charge in [0.1, 0.15) is 0 Å². The first kappa shape index (κ1) is 23.5. The van der Waals surface area contributed by atoms with Gasteiger partial charge in [-0.05, 0) is 97.8 Å². The fourth-order valence-electron chi connectivity index (χ4n) is 7.50. The average molecular weight is 435 g/mol. The molecule has 2 aromatic rings. The molecule has 174 valence electrons. The first-order chi connectivity index (χ1) is 15.1. The van der Waals surface area contributed by atoms with E-state index < -0.39 is 0 Å². The second kappa shape index (κ2) is 8.95. The van der Waals surface area contributed by atoms with Gasteiger partial charge in [0.2, 0.25) is 0 Å². The predicted molar refractivity (Wildman–Crippen MR) is 133 cm³/mol. The molecule has 1 N–H and O–H groups in total. The molecular weight excluding hydrogens is 392 g/mol. The predicted octanol–water partition coefficient (Wildman–Crippen LogP) is 7.17. The highest BCUT2D eigenvalue weighted by Gasteiger charge is 2.55. The second-order valence-electron chi connectivity index (χ2n) is 11.4. The normalized spacial score (nSPS) is 29.5. The van der Waals surface area contributed by atoms with Crippen LogP contribution in [-0.2, 0) is 16.6 Å². The van der Waals surface area contributed by atoms with Crippen LogP contribution in [0.15, 0.2) is 48.5 Å². The SMILES string of the molecule is Cc1cccc2c1[C@@]1(C)CC[C@H]([C@@H](O[C@@H](C)C[C@H](C)O)c3ccccc3)C(C)(C)[C@@H]1CC2. The Morgan fingerprint density at radius 1 is 1.00 bits per heavy atom. The summed E-state index contributed by atoms with van der Waals surface area (Å²) < 4.78 is 6.77. The summed E-state index contributed by atoms with van der Waals surface area (Å²) in [5.41, 5.74) is 6.31. The minimum atomic E-state index is -0.345. The Bertz CT molecular complexity index is 916. The minimum absolute atomic E-state index is 0.0265. The molecule has 0 heterocycles. The van der Waals surface area contributed by atoms with Gasteiger partial charge in [-0.1, -0.05) is 69.3 Å². The molecule has 6 atom stereocenters. The summed E-state index contributed by atoms with van der Waals surface area (Å²) in [5, 5.41) is 9.95. The van der Waals surface area contributed by atoms with Crippen LogP contribution < -0.4 is 0 Å². The van der Waals surface area contributed by atoms with Crippen molar-refractivity contribution < 1.29 is 9.84 Å². The van der Waals surface area contributed by atoms with Crippen LogP contribution in [0.1, 0.15) is 88.7 Å². The van der Waals surface area contributed by atoms with Crippen molar-refractivity contribution in [1.82, 2.24) is 0 Å². The number of fused-ring (bicyclic) bond motifs is 3. The van der Waals surface area contributed by atoms with Gasteiger partial charge < -0.3 is 9.84 Å². The molecule has 0 aromatic heterocycles. The van der Waals surface area contributed by atoms with Crippen LogP contribution in [0.3, 0.4) is 0 Å². The third-order valence-electron chi connectivity index (χ3n) is 8.78. The maximum Gasteiger partial charge on any atom is 0.0861 e. The molecule has 1 fully saturated rings. The molecule has 2 aliphatic carbocycles. The van der Waals surface area contributed by atoms with Gasteiger partial charge in [0.15, 0.2) is 0 Å². The van der Waals surface area contributed by atoms with E-state index in [1.165, 1.54) is 30.4 Å². The van der Waals surface area contributed by atoms with E-state index in [9.17, 15) is 5.11 Å². The molecule has 2 aromatic carbocycles. The number of hydrogen-bond donors (Lipinski definition) is 1. The molecular formula is C30H42O2. The molecule has 32 heavy (non-hydrogen) atoms. The van der Waals surface area contributed by atoms with Crippen LogP contribution in [-0.4, -0.2) is 17.3 Å². The zero-order valence-corrected chi connectivity index (χ0v) is 20.9. The van der Waals surface area contributed by atoms with Gasteiger partial charge in [-0.3, -0.25) is 0 Å². The van der Waals surface area contributed by atoms with Crippen molar-refractivity contribution in [1.29, 1.82) is 0 Å². The highest BCUT2D eigenvalue weighted by Crippen LogP contribution is 2.62. The summed E-state index contributed by atoms with van der Waals surface area (Å²) >= 11 is 0. The van der Waals surface area contributed by atoms with Crippen LogP contribution in [0.2, 0.25) is 0 Å². The number of benzene rings is 2. The van der Waals surface area contributed by atoms with Crippen molar-refractivity contribution in [2.75, 3.05) is 0 Å². The second-order valence-corrected chi connectivity index (χ2v) is 11.4. The van der Waals surface area contributed by atoms with Gasteiger partial charge in [-0.25, -0.2) is 0 Å². The molecule has 4 rings (SSSR count). The van der Waals surface area contributed by atoms with Crippen molar-refractivity contribution in [3.8, 4) is 0 Å². The minimum Gasteiger partial charge on any atom is -0.393 e. The molecule has 0 radical (unpaired) electrons. The summed E-state index contributed by atoms with van der Waals surface area (Å²) in [5.74, 6) is 1.08. The standard InChI is InChI=1S/C30H42O2/c1-20-11-10-14-23-15-16-26-29(4,5)25(17-18-30(26,6)27(20)23)28(24-12-8-7-9-13-24)32-22(3)19-21(2)31/h7-14,21-22,25-26,28,31H,15-19H2,1-6H3/t21-,22-,25+,26-,28-,30-/m0/s1. The summed E-state index contributed by atoms with van der Waals surface area (Å²) in [6.07, 6.45) is 5.22. The van der Waals surface area contributed by atoms with E-state index in [1.54, 1.807) is 11.1 Å². The largest absolute Gasteiger partial charge is 0.393 e. The van der Waals surface area contributed by atoms with Crippen molar-refractivity contribution in [2.24, 2.45) is 17.3 Å². The lowest BCUT2D eigenvalue weighted by Gasteiger charge is -2.59. The van der Waals surface area contributed by atoms with E-state index in [4.69, 9.17) is 4.74 Å². The average Bonchev–Trinajstić information content (AvgIpc) is 2.72. The highest BCUT2D eigenvalue weighted by atomic mass is 16.5. The van der Waals surface area contributed by atoms with Gasteiger partial charge >= 0.3 is 0 Å². The van der Waals surface area contributed by atoms with Gasteiger partial charge in [0, 0.05) is 0 Å². The number of aryl methyl sites for hydroxylation is 2. The van der Waals surface area contributed by atoms with E-state index in [0.717, 1.165) is 6.42 Å². The van der Waals surface area contributed by atoms with Crippen molar-refractivity contribution in [3.05, 3.63) is 70.8 Å². The Balaban J connectivity index is 1.70. The smallest absolute Gasteiger partial charge is 0.0861 e. The molecule has 2 heteroatoms. The van der Waals surface area contributed by atoms with Gasteiger partial charge in [0.05, 0.1) is 18.3 Å². The maximum atomic E-state index is 9.95. The maximum absolute atomic E-state index is 9.95. The van der Waals surface area contributed by atoms with E-state index in [-0.39, 0.29) is 29.1 Å². The lowest BCUT2D eigenvalue weighted by molar-refractivity contribution is -0.123. The number of hydrogen-bond acceptors (Lipinski definition) is 2. The molecule has 1 saturated carbocycles. The number of aliphatic hydroxyl groups excluding tert-OH is 1. The van der Waals surface area contributed by atoms with Crippen LogP contribution in [0, 0.1) is 24.2 Å². The van der Waals surface area contributed by atoms with Gasteiger partial charge in [-0.15, -0.1) is 0 Å². The lowest BCUT2D eigenvalue weighted by Crippen LogP contribution is -2.53. The topological polar surface area (TPSA) is 29.5 Å². The summed E-state index contributed by atoms with van der Waals surface area (Å²) in [6.45, 7) is 13.8. The first-order valence-electron chi connectivity index (χ1n) is 12.6. The van der Waals surface area contributed by atoms with Crippen LogP contribution in [0.25, 0.3) is 0 Å². The van der Waals surface area contributed by atoms with Crippen molar-refractivity contribution in [2.45, 2.75) is 97.4 Å². The lowest BCUT2D eigenvalue weighted by atomic mass is 9.46. The molecule has 0 aliphatic heterocycles. The molecule has 0 unspecified atom stereocenters. The highest BCUT2D eigenvalue weighted by molar-refractivity contribution is 5.44. The Labute approximate surface area is 195 Å². The van der Waals surface area contributed by atoms with Gasteiger partial charge in [0.25, 0.3) is 0 Å². The third kappa shape index (κ3) is 4.17. The van der Waals surface area contributed by atoms with E-state index in [0.29, 0.717) is 18.3 Å². The van der Waals surface area contributed by atoms with E-state index >= 15 is 0 Å². The van der Waals surface area contributed by atoms with Crippen LogP contribution in [0.4, 0.5) is 0 Å².